The topological polar surface area (TPSA) is 52.6 Å². The molecule has 0 unspecified atom stereocenters. The van der Waals surface area contributed by atoms with Crippen molar-refractivity contribution in [2.45, 2.75) is 27.2 Å². The molecule has 1 aliphatic heterocycles. The number of allylic oxidation sites excluding steroid dienone is 1. The molecular weight excluding hydrogens is 220 g/mol. The maximum absolute atomic E-state index is 11.7. The molecule has 0 radical (unpaired) electrons. The molecule has 1 saturated heterocycles. The molecule has 0 spiro atoms. The summed E-state index contributed by atoms with van der Waals surface area (Å²) in [6.45, 7) is 6.71. The van der Waals surface area contributed by atoms with Crippen molar-refractivity contribution < 1.29 is 19.1 Å². The Morgan fingerprint density at radius 2 is 2.29 bits per heavy atom. The van der Waals surface area contributed by atoms with Crippen LogP contribution in [0.2, 0.25) is 0 Å². The number of cyclic esters (lactones) is 1. The molecule has 0 aromatic rings. The summed E-state index contributed by atoms with van der Waals surface area (Å²) in [5.74, 6) is -0.424. The molecule has 94 valence electrons. The third-order valence-corrected chi connectivity index (χ3v) is 3.70. The van der Waals surface area contributed by atoms with Gasteiger partial charge in [-0.2, -0.15) is 0 Å². The molecular formula is C13H18O4. The first-order chi connectivity index (χ1) is 7.98. The number of carbonyl (C=O) groups excluding carboxylic acids is 2. The van der Waals surface area contributed by atoms with E-state index in [1.807, 2.05) is 19.9 Å². The van der Waals surface area contributed by atoms with E-state index in [0.717, 1.165) is 0 Å². The summed E-state index contributed by atoms with van der Waals surface area (Å²) in [4.78, 5) is 23.1. The van der Waals surface area contributed by atoms with Gasteiger partial charge in [0.25, 0.3) is 0 Å². The molecule has 0 amide bonds. The van der Waals surface area contributed by atoms with Gasteiger partial charge in [-0.05, 0) is 18.3 Å². The molecule has 1 saturated carbocycles. The zero-order valence-corrected chi connectivity index (χ0v) is 10.5. The van der Waals surface area contributed by atoms with Crippen LogP contribution in [0.4, 0.5) is 0 Å². The van der Waals surface area contributed by atoms with Gasteiger partial charge in [0.15, 0.2) is 0 Å². The van der Waals surface area contributed by atoms with Crippen LogP contribution in [0.25, 0.3) is 0 Å². The summed E-state index contributed by atoms with van der Waals surface area (Å²) in [5.41, 5.74) is 0.595. The van der Waals surface area contributed by atoms with Crippen molar-refractivity contribution in [1.82, 2.24) is 0 Å². The fraction of sp³-hybridized carbons (Fsp3) is 0.692. The lowest BCUT2D eigenvalue weighted by Crippen LogP contribution is -2.10. The zero-order chi connectivity index (χ0) is 12.6. The van der Waals surface area contributed by atoms with Gasteiger partial charge < -0.3 is 9.47 Å². The van der Waals surface area contributed by atoms with Crippen molar-refractivity contribution in [3.05, 3.63) is 11.6 Å². The molecule has 4 nitrogen and oxygen atoms in total. The van der Waals surface area contributed by atoms with Crippen molar-refractivity contribution in [2.75, 3.05) is 13.2 Å². The van der Waals surface area contributed by atoms with E-state index in [1.165, 1.54) is 0 Å². The van der Waals surface area contributed by atoms with Crippen LogP contribution in [0.3, 0.4) is 0 Å². The second-order valence-corrected chi connectivity index (χ2v) is 5.15. The van der Waals surface area contributed by atoms with E-state index < -0.39 is 0 Å². The SMILES string of the molecule is CCOC(=O)[C@@H]1[C@@H](C=C2CCOC2=O)C1(C)C. The number of hydrogen-bond donors (Lipinski definition) is 0. The molecule has 2 atom stereocenters. The van der Waals surface area contributed by atoms with Gasteiger partial charge in [-0.3, -0.25) is 4.79 Å². The molecule has 17 heavy (non-hydrogen) atoms. The average molecular weight is 238 g/mol. The van der Waals surface area contributed by atoms with E-state index in [0.29, 0.717) is 25.2 Å². The van der Waals surface area contributed by atoms with E-state index in [4.69, 9.17) is 9.47 Å². The van der Waals surface area contributed by atoms with Gasteiger partial charge in [0.2, 0.25) is 0 Å². The van der Waals surface area contributed by atoms with Gasteiger partial charge >= 0.3 is 11.9 Å². The summed E-state index contributed by atoms with van der Waals surface area (Å²) < 4.78 is 9.92. The normalized spacial score (nSPS) is 32.4. The van der Waals surface area contributed by atoms with Crippen molar-refractivity contribution in [1.29, 1.82) is 0 Å². The van der Waals surface area contributed by atoms with E-state index in [-0.39, 0.29) is 29.2 Å². The minimum Gasteiger partial charge on any atom is -0.466 e. The highest BCUT2D eigenvalue weighted by Crippen LogP contribution is 2.60. The van der Waals surface area contributed by atoms with Gasteiger partial charge in [0.05, 0.1) is 19.1 Å². The van der Waals surface area contributed by atoms with Crippen molar-refractivity contribution in [2.24, 2.45) is 17.3 Å². The third-order valence-electron chi connectivity index (χ3n) is 3.70. The first-order valence-corrected chi connectivity index (χ1v) is 6.03. The summed E-state index contributed by atoms with van der Waals surface area (Å²) in [5, 5.41) is 0. The van der Waals surface area contributed by atoms with Gasteiger partial charge in [-0.1, -0.05) is 19.9 Å². The molecule has 1 aliphatic carbocycles. The second-order valence-electron chi connectivity index (χ2n) is 5.15. The van der Waals surface area contributed by atoms with Crippen LogP contribution in [0.1, 0.15) is 27.2 Å². The lowest BCUT2D eigenvalue weighted by molar-refractivity contribution is -0.145. The van der Waals surface area contributed by atoms with E-state index in [9.17, 15) is 9.59 Å². The van der Waals surface area contributed by atoms with Crippen molar-refractivity contribution in [3.63, 3.8) is 0 Å². The Bertz CT molecular complexity index is 381. The number of rotatable bonds is 3. The Labute approximate surface area is 101 Å². The van der Waals surface area contributed by atoms with E-state index >= 15 is 0 Å². The van der Waals surface area contributed by atoms with Gasteiger partial charge in [-0.25, -0.2) is 4.79 Å². The first-order valence-electron chi connectivity index (χ1n) is 6.03. The molecule has 0 bridgehead atoms. The Morgan fingerprint density at radius 1 is 1.59 bits per heavy atom. The Balaban J connectivity index is 2.08. The Morgan fingerprint density at radius 3 is 2.82 bits per heavy atom. The quantitative estimate of drug-likeness (QED) is 0.554. The van der Waals surface area contributed by atoms with Crippen molar-refractivity contribution >= 4 is 11.9 Å². The predicted molar refractivity (Wildman–Crippen MR) is 61.1 cm³/mol. The highest BCUT2D eigenvalue weighted by molar-refractivity contribution is 5.90. The maximum Gasteiger partial charge on any atom is 0.333 e. The van der Waals surface area contributed by atoms with Gasteiger partial charge in [0, 0.05) is 12.0 Å². The van der Waals surface area contributed by atoms with Crippen LogP contribution in [-0.2, 0) is 19.1 Å². The Kier molecular flexibility index (Phi) is 2.98. The molecule has 2 aliphatic rings. The first kappa shape index (κ1) is 12.1. The number of carbonyl (C=O) groups is 2. The fourth-order valence-electron chi connectivity index (χ4n) is 2.49. The minimum absolute atomic E-state index is 0.0993. The Hall–Kier alpha value is -1.32. The van der Waals surface area contributed by atoms with Gasteiger partial charge in [0.1, 0.15) is 0 Å². The van der Waals surface area contributed by atoms with Crippen LogP contribution in [-0.4, -0.2) is 25.2 Å². The zero-order valence-electron chi connectivity index (χ0n) is 10.5. The smallest absolute Gasteiger partial charge is 0.333 e. The standard InChI is InChI=1S/C13H18O4/c1-4-16-12(15)10-9(13(10,2)3)7-8-5-6-17-11(8)14/h7,9-10H,4-6H2,1-3H3/t9-,10+/m1/s1. The molecule has 0 N–H and O–H groups in total. The highest BCUT2D eigenvalue weighted by Gasteiger charge is 2.61. The average Bonchev–Trinajstić information content (AvgIpc) is 2.56. The number of ether oxygens (including phenoxy) is 2. The van der Waals surface area contributed by atoms with Gasteiger partial charge in [-0.15, -0.1) is 0 Å². The molecule has 0 aromatic carbocycles. The van der Waals surface area contributed by atoms with Crippen LogP contribution < -0.4 is 0 Å². The van der Waals surface area contributed by atoms with Crippen LogP contribution >= 0.6 is 0 Å². The summed E-state index contributed by atoms with van der Waals surface area (Å²) in [6, 6.07) is 0. The molecule has 2 fully saturated rings. The second kappa shape index (κ2) is 4.17. The predicted octanol–water partition coefficient (Wildman–Crippen LogP) is 1.70. The summed E-state index contributed by atoms with van der Waals surface area (Å²) >= 11 is 0. The lowest BCUT2D eigenvalue weighted by Gasteiger charge is -2.01. The highest BCUT2D eigenvalue weighted by atomic mass is 16.5. The largest absolute Gasteiger partial charge is 0.466 e. The summed E-state index contributed by atoms with van der Waals surface area (Å²) in [7, 11) is 0. The van der Waals surface area contributed by atoms with Crippen LogP contribution in [0.5, 0.6) is 0 Å². The minimum atomic E-state index is -0.240. The molecule has 0 aromatic heterocycles. The van der Waals surface area contributed by atoms with Crippen LogP contribution in [0.15, 0.2) is 11.6 Å². The van der Waals surface area contributed by atoms with Crippen molar-refractivity contribution in [3.8, 4) is 0 Å². The number of hydrogen-bond acceptors (Lipinski definition) is 4. The number of esters is 2. The lowest BCUT2D eigenvalue weighted by atomic mass is 10.1. The maximum atomic E-state index is 11.7. The monoisotopic (exact) mass is 238 g/mol. The molecule has 1 heterocycles. The van der Waals surface area contributed by atoms with Crippen LogP contribution in [0, 0.1) is 17.3 Å². The molecule has 2 rings (SSSR count). The molecule has 4 heteroatoms. The van der Waals surface area contributed by atoms with E-state index in [2.05, 4.69) is 0 Å². The van der Waals surface area contributed by atoms with E-state index in [1.54, 1.807) is 6.92 Å². The fourth-order valence-corrected chi connectivity index (χ4v) is 2.49. The third kappa shape index (κ3) is 2.08. The summed E-state index contributed by atoms with van der Waals surface area (Å²) in [6.07, 6.45) is 2.55.